The molecule has 0 aromatic carbocycles. The minimum atomic E-state index is -1.08. The zero-order chi connectivity index (χ0) is 12.7. The van der Waals surface area contributed by atoms with Gasteiger partial charge in [-0.2, -0.15) is 0 Å². The van der Waals surface area contributed by atoms with Gasteiger partial charge in [-0.3, -0.25) is 9.59 Å². The first-order valence-electron chi connectivity index (χ1n) is 5.82. The third-order valence-electron chi connectivity index (χ3n) is 2.93. The molecule has 6 nitrogen and oxygen atoms in total. The van der Waals surface area contributed by atoms with Crippen molar-refractivity contribution in [2.75, 3.05) is 26.3 Å². The first-order chi connectivity index (χ1) is 8.09. The summed E-state index contributed by atoms with van der Waals surface area (Å²) in [6, 6.07) is 0. The Kier molecular flexibility index (Phi) is 5.93. The molecule has 0 saturated carbocycles. The number of rotatable bonds is 7. The lowest BCUT2D eigenvalue weighted by Crippen LogP contribution is -2.34. The molecular formula is C11H19NO5. The van der Waals surface area contributed by atoms with Crippen LogP contribution in [0.5, 0.6) is 0 Å². The highest BCUT2D eigenvalue weighted by molar-refractivity contribution is 5.77. The van der Waals surface area contributed by atoms with Crippen molar-refractivity contribution in [2.24, 2.45) is 11.8 Å². The summed E-state index contributed by atoms with van der Waals surface area (Å²) in [5, 5.41) is 20.5. The van der Waals surface area contributed by atoms with Crippen LogP contribution in [0.1, 0.15) is 19.3 Å². The van der Waals surface area contributed by atoms with E-state index in [4.69, 9.17) is 14.9 Å². The van der Waals surface area contributed by atoms with Gasteiger partial charge in [0.1, 0.15) is 0 Å². The Balaban J connectivity index is 2.21. The molecule has 1 rings (SSSR count). The number of hydrogen-bond donors (Lipinski definition) is 3. The molecule has 0 aromatic rings. The summed E-state index contributed by atoms with van der Waals surface area (Å²) in [7, 11) is 0. The molecular weight excluding hydrogens is 226 g/mol. The lowest BCUT2D eigenvalue weighted by Gasteiger charge is -2.22. The number of ether oxygens (including phenoxy) is 1. The summed E-state index contributed by atoms with van der Waals surface area (Å²) in [6.45, 7) is 2.44. The van der Waals surface area contributed by atoms with E-state index < -0.39 is 17.9 Å². The largest absolute Gasteiger partial charge is 0.481 e. The lowest BCUT2D eigenvalue weighted by atomic mass is 9.99. The molecule has 0 aliphatic carbocycles. The van der Waals surface area contributed by atoms with Crippen molar-refractivity contribution in [2.45, 2.75) is 19.3 Å². The van der Waals surface area contributed by atoms with Crippen molar-refractivity contribution in [1.29, 1.82) is 0 Å². The molecule has 1 atom stereocenters. The molecule has 1 aliphatic heterocycles. The maximum Gasteiger partial charge on any atom is 0.308 e. The van der Waals surface area contributed by atoms with Crippen molar-refractivity contribution in [3.63, 3.8) is 0 Å². The van der Waals surface area contributed by atoms with Gasteiger partial charge in [0.05, 0.1) is 12.3 Å². The molecule has 1 aliphatic rings. The second-order valence-corrected chi connectivity index (χ2v) is 4.35. The van der Waals surface area contributed by atoms with E-state index in [2.05, 4.69) is 5.32 Å². The highest BCUT2D eigenvalue weighted by atomic mass is 16.5. The molecule has 0 radical (unpaired) electrons. The van der Waals surface area contributed by atoms with Gasteiger partial charge in [-0.1, -0.05) is 0 Å². The van der Waals surface area contributed by atoms with Gasteiger partial charge in [-0.05, 0) is 25.3 Å². The molecule has 0 amide bonds. The molecule has 1 heterocycles. The fraction of sp³-hybridized carbons (Fsp3) is 0.818. The normalized spacial score (nSPS) is 18.8. The maximum absolute atomic E-state index is 10.8. The molecule has 1 unspecified atom stereocenters. The minimum Gasteiger partial charge on any atom is -0.481 e. The van der Waals surface area contributed by atoms with Gasteiger partial charge in [-0.25, -0.2) is 0 Å². The van der Waals surface area contributed by atoms with Gasteiger partial charge in [0.2, 0.25) is 0 Å². The van der Waals surface area contributed by atoms with E-state index in [1.807, 2.05) is 0 Å². The highest BCUT2D eigenvalue weighted by Crippen LogP contribution is 2.13. The van der Waals surface area contributed by atoms with Crippen LogP contribution in [0.3, 0.4) is 0 Å². The Hall–Kier alpha value is -1.14. The second-order valence-electron chi connectivity index (χ2n) is 4.35. The topological polar surface area (TPSA) is 95.9 Å². The first kappa shape index (κ1) is 13.9. The van der Waals surface area contributed by atoms with Crippen LogP contribution in [-0.4, -0.2) is 48.5 Å². The van der Waals surface area contributed by atoms with Crippen LogP contribution in [0.2, 0.25) is 0 Å². The van der Waals surface area contributed by atoms with Gasteiger partial charge >= 0.3 is 11.9 Å². The zero-order valence-corrected chi connectivity index (χ0v) is 9.72. The predicted octanol–water partition coefficient (Wildman–Crippen LogP) is 0.178. The Morgan fingerprint density at radius 1 is 1.29 bits per heavy atom. The Bertz CT molecular complexity index is 263. The number of carbonyl (C=O) groups is 2. The van der Waals surface area contributed by atoms with Gasteiger partial charge in [0.15, 0.2) is 0 Å². The van der Waals surface area contributed by atoms with E-state index in [0.29, 0.717) is 5.92 Å². The average Bonchev–Trinajstić information content (AvgIpc) is 2.28. The van der Waals surface area contributed by atoms with E-state index in [1.165, 1.54) is 0 Å². The molecule has 3 N–H and O–H groups in total. The number of aliphatic carboxylic acids is 2. The number of hydrogen-bond acceptors (Lipinski definition) is 4. The Labute approximate surface area is 100.0 Å². The van der Waals surface area contributed by atoms with Gasteiger partial charge in [0, 0.05) is 19.8 Å². The SMILES string of the molecule is O=C(O)CC(CNCC1CCOCC1)C(=O)O. The second kappa shape index (κ2) is 7.24. The molecule has 0 spiro atoms. The van der Waals surface area contributed by atoms with Crippen LogP contribution < -0.4 is 5.32 Å². The van der Waals surface area contributed by atoms with Crippen LogP contribution in [-0.2, 0) is 14.3 Å². The molecule has 0 bridgehead atoms. The van der Waals surface area contributed by atoms with Crippen LogP contribution in [0.4, 0.5) is 0 Å². The number of carboxylic acids is 2. The van der Waals surface area contributed by atoms with Crippen LogP contribution >= 0.6 is 0 Å². The van der Waals surface area contributed by atoms with Gasteiger partial charge in [-0.15, -0.1) is 0 Å². The first-order valence-corrected chi connectivity index (χ1v) is 5.82. The molecule has 1 fully saturated rings. The van der Waals surface area contributed by atoms with E-state index >= 15 is 0 Å². The van der Waals surface area contributed by atoms with Crippen LogP contribution in [0, 0.1) is 11.8 Å². The quantitative estimate of drug-likeness (QED) is 0.592. The summed E-state index contributed by atoms with van der Waals surface area (Å²) in [5.74, 6) is -2.49. The van der Waals surface area contributed by atoms with Gasteiger partial charge < -0.3 is 20.3 Å². The van der Waals surface area contributed by atoms with E-state index in [-0.39, 0.29) is 13.0 Å². The van der Waals surface area contributed by atoms with Crippen LogP contribution in [0.15, 0.2) is 0 Å². The monoisotopic (exact) mass is 245 g/mol. The van der Waals surface area contributed by atoms with E-state index in [1.54, 1.807) is 0 Å². The molecule has 98 valence electrons. The molecule has 17 heavy (non-hydrogen) atoms. The van der Waals surface area contributed by atoms with E-state index in [0.717, 1.165) is 32.6 Å². The molecule has 1 saturated heterocycles. The highest BCUT2D eigenvalue weighted by Gasteiger charge is 2.21. The van der Waals surface area contributed by atoms with Crippen molar-refractivity contribution in [3.8, 4) is 0 Å². The Morgan fingerprint density at radius 2 is 1.94 bits per heavy atom. The van der Waals surface area contributed by atoms with Crippen molar-refractivity contribution < 1.29 is 24.5 Å². The van der Waals surface area contributed by atoms with Crippen molar-refractivity contribution in [1.82, 2.24) is 5.32 Å². The molecule has 6 heteroatoms. The summed E-state index contributed by atoms with van der Waals surface area (Å²) in [6.07, 6.45) is 1.61. The summed E-state index contributed by atoms with van der Waals surface area (Å²) >= 11 is 0. The third kappa shape index (κ3) is 5.65. The summed E-state index contributed by atoms with van der Waals surface area (Å²) < 4.78 is 5.22. The Morgan fingerprint density at radius 3 is 2.47 bits per heavy atom. The zero-order valence-electron chi connectivity index (χ0n) is 9.72. The summed E-state index contributed by atoms with van der Waals surface area (Å²) in [5.41, 5.74) is 0. The van der Waals surface area contributed by atoms with Crippen LogP contribution in [0.25, 0.3) is 0 Å². The van der Waals surface area contributed by atoms with Gasteiger partial charge in [0.25, 0.3) is 0 Å². The average molecular weight is 245 g/mol. The lowest BCUT2D eigenvalue weighted by molar-refractivity contribution is -0.148. The van der Waals surface area contributed by atoms with Crippen molar-refractivity contribution in [3.05, 3.63) is 0 Å². The predicted molar refractivity (Wildman–Crippen MR) is 59.8 cm³/mol. The number of nitrogens with one attached hydrogen (secondary N) is 1. The smallest absolute Gasteiger partial charge is 0.308 e. The number of carboxylic acid groups (broad SMARTS) is 2. The fourth-order valence-corrected chi connectivity index (χ4v) is 1.87. The van der Waals surface area contributed by atoms with E-state index in [9.17, 15) is 9.59 Å². The summed E-state index contributed by atoms with van der Waals surface area (Å²) in [4.78, 5) is 21.3. The fourth-order valence-electron chi connectivity index (χ4n) is 1.87. The molecule has 0 aromatic heterocycles. The standard InChI is InChI=1S/C11H19NO5/c13-10(14)5-9(11(15)16)7-12-6-8-1-3-17-4-2-8/h8-9,12H,1-7H2,(H,13,14)(H,15,16). The minimum absolute atomic E-state index is 0.207. The maximum atomic E-state index is 10.8. The third-order valence-corrected chi connectivity index (χ3v) is 2.93. The van der Waals surface area contributed by atoms with Crippen molar-refractivity contribution >= 4 is 11.9 Å².